The second-order valence-corrected chi connectivity index (χ2v) is 5.74. The maximum atomic E-state index is 11.4. The molecule has 20 heavy (non-hydrogen) atoms. The molecule has 4 nitrogen and oxygen atoms in total. The van der Waals surface area contributed by atoms with Crippen molar-refractivity contribution in [1.29, 1.82) is 0 Å². The van der Waals surface area contributed by atoms with Gasteiger partial charge in [0.2, 0.25) is 5.91 Å². The highest BCUT2D eigenvalue weighted by Crippen LogP contribution is 2.34. The van der Waals surface area contributed by atoms with E-state index < -0.39 is 0 Å². The van der Waals surface area contributed by atoms with Crippen molar-refractivity contribution in [3.63, 3.8) is 0 Å². The molecule has 0 bridgehead atoms. The number of fused-ring (bicyclic) bond motifs is 1. The SMILES string of the molecule is CN(c1ccc2c(c1)CC(=O)N2)c1ccc(Br)cc1N. The summed E-state index contributed by atoms with van der Waals surface area (Å²) in [6.07, 6.45) is 0.437. The van der Waals surface area contributed by atoms with E-state index >= 15 is 0 Å². The molecule has 0 saturated heterocycles. The van der Waals surface area contributed by atoms with E-state index in [4.69, 9.17) is 5.73 Å². The number of nitrogens with two attached hydrogens (primary N) is 1. The van der Waals surface area contributed by atoms with Crippen LogP contribution in [0.4, 0.5) is 22.7 Å². The van der Waals surface area contributed by atoms with Crippen molar-refractivity contribution in [1.82, 2.24) is 0 Å². The van der Waals surface area contributed by atoms with Crippen LogP contribution in [0, 0.1) is 0 Å². The molecule has 1 aliphatic rings. The number of nitrogen functional groups attached to an aromatic ring is 1. The highest BCUT2D eigenvalue weighted by molar-refractivity contribution is 9.10. The molecule has 0 spiro atoms. The van der Waals surface area contributed by atoms with Gasteiger partial charge in [-0.05, 0) is 42.0 Å². The Morgan fingerprint density at radius 1 is 1.25 bits per heavy atom. The van der Waals surface area contributed by atoms with Gasteiger partial charge >= 0.3 is 0 Å². The van der Waals surface area contributed by atoms with Gasteiger partial charge in [0.05, 0.1) is 17.8 Å². The number of hydrogen-bond donors (Lipinski definition) is 2. The molecule has 0 radical (unpaired) electrons. The average Bonchev–Trinajstić information content (AvgIpc) is 2.77. The zero-order chi connectivity index (χ0) is 14.3. The van der Waals surface area contributed by atoms with Gasteiger partial charge in [-0.3, -0.25) is 4.79 Å². The number of rotatable bonds is 2. The monoisotopic (exact) mass is 331 g/mol. The predicted octanol–water partition coefficient (Wildman–Crippen LogP) is 3.29. The molecule has 0 saturated carbocycles. The summed E-state index contributed by atoms with van der Waals surface area (Å²) in [4.78, 5) is 13.4. The zero-order valence-corrected chi connectivity index (χ0v) is 12.6. The fourth-order valence-corrected chi connectivity index (χ4v) is 2.77. The summed E-state index contributed by atoms with van der Waals surface area (Å²) in [6.45, 7) is 0. The van der Waals surface area contributed by atoms with Crippen molar-refractivity contribution in [2.24, 2.45) is 0 Å². The molecule has 1 amide bonds. The number of hydrogen-bond acceptors (Lipinski definition) is 3. The van der Waals surface area contributed by atoms with Crippen LogP contribution in [-0.2, 0) is 11.2 Å². The molecule has 2 aromatic carbocycles. The number of halogens is 1. The van der Waals surface area contributed by atoms with Gasteiger partial charge in [0.15, 0.2) is 0 Å². The predicted molar refractivity (Wildman–Crippen MR) is 85.4 cm³/mol. The molecule has 3 N–H and O–H groups in total. The van der Waals surface area contributed by atoms with Crippen LogP contribution < -0.4 is 16.0 Å². The number of benzene rings is 2. The lowest BCUT2D eigenvalue weighted by molar-refractivity contribution is -0.115. The third-order valence-corrected chi connectivity index (χ3v) is 3.95. The van der Waals surface area contributed by atoms with Crippen LogP contribution >= 0.6 is 15.9 Å². The van der Waals surface area contributed by atoms with Crippen LogP contribution in [0.1, 0.15) is 5.56 Å². The molecule has 0 unspecified atom stereocenters. The van der Waals surface area contributed by atoms with E-state index in [9.17, 15) is 4.79 Å². The molecule has 5 heteroatoms. The van der Waals surface area contributed by atoms with Gasteiger partial charge in [-0.25, -0.2) is 0 Å². The van der Waals surface area contributed by atoms with Crippen LogP contribution in [0.3, 0.4) is 0 Å². The van der Waals surface area contributed by atoms with E-state index in [1.165, 1.54) is 0 Å². The van der Waals surface area contributed by atoms with E-state index in [-0.39, 0.29) is 5.91 Å². The molecule has 0 atom stereocenters. The van der Waals surface area contributed by atoms with Crippen molar-refractivity contribution < 1.29 is 4.79 Å². The molecule has 0 fully saturated rings. The molecular weight excluding hydrogens is 318 g/mol. The average molecular weight is 332 g/mol. The number of anilines is 4. The fraction of sp³-hybridized carbons (Fsp3) is 0.133. The Morgan fingerprint density at radius 2 is 2.05 bits per heavy atom. The van der Waals surface area contributed by atoms with E-state index in [2.05, 4.69) is 21.2 Å². The summed E-state index contributed by atoms with van der Waals surface area (Å²) < 4.78 is 0.955. The van der Waals surface area contributed by atoms with E-state index in [1.54, 1.807) is 0 Å². The molecule has 2 aromatic rings. The first kappa shape index (κ1) is 13.0. The number of carbonyl (C=O) groups excluding carboxylic acids is 1. The minimum Gasteiger partial charge on any atom is -0.397 e. The van der Waals surface area contributed by atoms with Crippen molar-refractivity contribution in [2.45, 2.75) is 6.42 Å². The molecule has 1 heterocycles. The Labute approximate surface area is 125 Å². The van der Waals surface area contributed by atoms with Gasteiger partial charge in [0.25, 0.3) is 0 Å². The summed E-state index contributed by atoms with van der Waals surface area (Å²) in [6, 6.07) is 11.7. The maximum absolute atomic E-state index is 11.4. The number of amides is 1. The van der Waals surface area contributed by atoms with E-state index in [0.717, 1.165) is 27.1 Å². The fourth-order valence-electron chi connectivity index (χ4n) is 2.39. The topological polar surface area (TPSA) is 58.4 Å². The van der Waals surface area contributed by atoms with Crippen LogP contribution in [-0.4, -0.2) is 13.0 Å². The second-order valence-electron chi connectivity index (χ2n) is 4.83. The van der Waals surface area contributed by atoms with Crippen molar-refractivity contribution >= 4 is 44.6 Å². The molecule has 102 valence electrons. The first-order valence-corrected chi connectivity index (χ1v) is 7.05. The minimum atomic E-state index is 0.0444. The largest absolute Gasteiger partial charge is 0.397 e. The Balaban J connectivity index is 1.97. The van der Waals surface area contributed by atoms with Crippen LogP contribution in [0.25, 0.3) is 0 Å². The number of nitrogens with zero attached hydrogens (tertiary/aromatic N) is 1. The lowest BCUT2D eigenvalue weighted by atomic mass is 10.1. The van der Waals surface area contributed by atoms with Crippen LogP contribution in [0.15, 0.2) is 40.9 Å². The van der Waals surface area contributed by atoms with Gasteiger partial charge in [-0.2, -0.15) is 0 Å². The third kappa shape index (κ3) is 2.25. The summed E-state index contributed by atoms with van der Waals surface area (Å²) in [7, 11) is 1.96. The molecule has 0 aromatic heterocycles. The van der Waals surface area contributed by atoms with Crippen LogP contribution in [0.2, 0.25) is 0 Å². The smallest absolute Gasteiger partial charge is 0.228 e. The molecule has 0 aliphatic carbocycles. The van der Waals surface area contributed by atoms with Crippen molar-refractivity contribution in [2.75, 3.05) is 23.0 Å². The Kier molecular flexibility index (Phi) is 3.14. The standard InChI is InChI=1S/C15H14BrN3O/c1-19(14-5-2-10(16)8-12(14)17)11-3-4-13-9(6-11)7-15(20)18-13/h2-6,8H,7,17H2,1H3,(H,18,20). The number of carbonyl (C=O) groups is 1. The van der Waals surface area contributed by atoms with Gasteiger partial charge in [0, 0.05) is 22.9 Å². The third-order valence-electron chi connectivity index (χ3n) is 3.45. The van der Waals surface area contributed by atoms with Crippen LogP contribution in [0.5, 0.6) is 0 Å². The first-order chi connectivity index (χ1) is 9.54. The Hall–Kier alpha value is -2.01. The zero-order valence-electron chi connectivity index (χ0n) is 11.0. The van der Waals surface area contributed by atoms with Gasteiger partial charge in [-0.15, -0.1) is 0 Å². The second kappa shape index (κ2) is 4.83. The summed E-state index contributed by atoms with van der Waals surface area (Å²) in [5.41, 5.74) is 10.6. The number of nitrogens with one attached hydrogen (secondary N) is 1. The normalized spacial score (nSPS) is 13.0. The summed E-state index contributed by atoms with van der Waals surface area (Å²) in [5, 5.41) is 2.83. The highest BCUT2D eigenvalue weighted by atomic mass is 79.9. The van der Waals surface area contributed by atoms with E-state index in [1.807, 2.05) is 48.3 Å². The maximum Gasteiger partial charge on any atom is 0.228 e. The lowest BCUT2D eigenvalue weighted by Crippen LogP contribution is -2.11. The van der Waals surface area contributed by atoms with E-state index in [0.29, 0.717) is 12.1 Å². The van der Waals surface area contributed by atoms with Crippen molar-refractivity contribution in [3.05, 3.63) is 46.4 Å². The van der Waals surface area contributed by atoms with Gasteiger partial charge < -0.3 is 16.0 Å². The minimum absolute atomic E-state index is 0.0444. The van der Waals surface area contributed by atoms with Gasteiger partial charge in [-0.1, -0.05) is 15.9 Å². The summed E-state index contributed by atoms with van der Waals surface area (Å²) >= 11 is 3.40. The van der Waals surface area contributed by atoms with Gasteiger partial charge in [0.1, 0.15) is 0 Å². The Morgan fingerprint density at radius 3 is 2.80 bits per heavy atom. The highest BCUT2D eigenvalue weighted by Gasteiger charge is 2.18. The Bertz CT molecular complexity index is 700. The first-order valence-electron chi connectivity index (χ1n) is 6.26. The molecule has 3 rings (SSSR count). The quantitative estimate of drug-likeness (QED) is 0.830. The summed E-state index contributed by atoms with van der Waals surface area (Å²) in [5.74, 6) is 0.0444. The van der Waals surface area contributed by atoms with Crippen molar-refractivity contribution in [3.8, 4) is 0 Å². The lowest BCUT2D eigenvalue weighted by Gasteiger charge is -2.22. The molecular formula is C15H14BrN3O. The molecule has 1 aliphatic heterocycles.